The van der Waals surface area contributed by atoms with E-state index in [-0.39, 0.29) is 0 Å². The molecule has 0 aliphatic carbocycles. The van der Waals surface area contributed by atoms with Crippen molar-refractivity contribution >= 4 is 6.29 Å². The molecule has 0 aliphatic heterocycles. The number of benzene rings is 1. The Hall–Kier alpha value is -1.90. The molecule has 0 amide bonds. The van der Waals surface area contributed by atoms with Gasteiger partial charge in [0.1, 0.15) is 0 Å². The van der Waals surface area contributed by atoms with Crippen LogP contribution in [0.5, 0.6) is 0 Å². The van der Waals surface area contributed by atoms with Crippen molar-refractivity contribution in [3.05, 3.63) is 52.8 Å². The molecule has 0 bridgehead atoms. The predicted molar refractivity (Wildman–Crippen MR) is 62.6 cm³/mol. The van der Waals surface area contributed by atoms with E-state index in [1.54, 1.807) is 17.1 Å². The van der Waals surface area contributed by atoms with Gasteiger partial charge in [0.2, 0.25) is 0 Å². The summed E-state index contributed by atoms with van der Waals surface area (Å²) >= 11 is 0. The highest BCUT2D eigenvalue weighted by atomic mass is 16.1. The lowest BCUT2D eigenvalue weighted by Crippen LogP contribution is -2.02. The van der Waals surface area contributed by atoms with Crippen molar-refractivity contribution in [2.24, 2.45) is 0 Å². The Morgan fingerprint density at radius 3 is 2.88 bits per heavy atom. The summed E-state index contributed by atoms with van der Waals surface area (Å²) in [7, 11) is 0. The molecule has 82 valence electrons. The number of carbonyl (C=O) groups is 1. The van der Waals surface area contributed by atoms with E-state index in [1.165, 1.54) is 16.7 Å². The van der Waals surface area contributed by atoms with Gasteiger partial charge in [0.15, 0.2) is 6.29 Å². The molecule has 3 nitrogen and oxygen atoms in total. The lowest BCUT2D eigenvalue weighted by molar-refractivity contribution is 0.112. The average molecular weight is 214 g/mol. The van der Waals surface area contributed by atoms with Crippen LogP contribution in [-0.2, 0) is 6.54 Å². The van der Waals surface area contributed by atoms with Gasteiger partial charge in [-0.05, 0) is 25.0 Å². The van der Waals surface area contributed by atoms with Crippen LogP contribution >= 0.6 is 0 Å². The van der Waals surface area contributed by atoms with Gasteiger partial charge in [-0.2, -0.15) is 5.10 Å². The van der Waals surface area contributed by atoms with E-state index in [0.717, 1.165) is 6.29 Å². The van der Waals surface area contributed by atoms with Crippen molar-refractivity contribution in [1.29, 1.82) is 0 Å². The molecular weight excluding hydrogens is 200 g/mol. The van der Waals surface area contributed by atoms with E-state index < -0.39 is 0 Å². The van der Waals surface area contributed by atoms with Gasteiger partial charge in [-0.3, -0.25) is 9.48 Å². The Morgan fingerprint density at radius 2 is 2.19 bits per heavy atom. The van der Waals surface area contributed by atoms with E-state index in [0.29, 0.717) is 12.1 Å². The smallest absolute Gasteiger partial charge is 0.153 e. The van der Waals surface area contributed by atoms with Crippen molar-refractivity contribution in [2.45, 2.75) is 20.4 Å². The molecule has 0 radical (unpaired) electrons. The van der Waals surface area contributed by atoms with Gasteiger partial charge in [0.25, 0.3) is 0 Å². The maximum atomic E-state index is 10.5. The normalized spacial score (nSPS) is 10.4. The van der Waals surface area contributed by atoms with Crippen LogP contribution in [0.15, 0.2) is 30.6 Å². The van der Waals surface area contributed by atoms with E-state index >= 15 is 0 Å². The van der Waals surface area contributed by atoms with Gasteiger partial charge in [0, 0.05) is 6.20 Å². The lowest BCUT2D eigenvalue weighted by atomic mass is 10.1. The molecule has 2 rings (SSSR count). The molecule has 1 aromatic carbocycles. The number of hydrogen-bond donors (Lipinski definition) is 0. The highest BCUT2D eigenvalue weighted by Gasteiger charge is 2.02. The zero-order chi connectivity index (χ0) is 11.5. The third-order valence-corrected chi connectivity index (χ3v) is 2.63. The van der Waals surface area contributed by atoms with Crippen LogP contribution in [-0.4, -0.2) is 16.1 Å². The summed E-state index contributed by atoms with van der Waals surface area (Å²) in [6, 6.07) is 6.35. The second-order valence-electron chi connectivity index (χ2n) is 4.02. The highest BCUT2D eigenvalue weighted by molar-refractivity contribution is 5.73. The molecular formula is C13H14N2O. The van der Waals surface area contributed by atoms with Gasteiger partial charge < -0.3 is 0 Å². The van der Waals surface area contributed by atoms with Crippen LogP contribution in [0.3, 0.4) is 0 Å². The summed E-state index contributed by atoms with van der Waals surface area (Å²) in [5.41, 5.74) is 4.34. The largest absolute Gasteiger partial charge is 0.298 e. The molecule has 2 aromatic rings. The number of aldehydes is 1. The third kappa shape index (κ3) is 2.19. The number of hydrogen-bond acceptors (Lipinski definition) is 2. The zero-order valence-corrected chi connectivity index (χ0v) is 9.47. The second kappa shape index (κ2) is 4.31. The number of carbonyl (C=O) groups excluding carboxylic acids is 1. The summed E-state index contributed by atoms with van der Waals surface area (Å²) < 4.78 is 1.78. The summed E-state index contributed by atoms with van der Waals surface area (Å²) in [5, 5.41) is 4.14. The summed E-state index contributed by atoms with van der Waals surface area (Å²) in [6.07, 6.45) is 4.15. The minimum Gasteiger partial charge on any atom is -0.298 e. The SMILES string of the molecule is Cc1ccc(C)c(Cn2cc(C=O)cn2)c1. The van der Waals surface area contributed by atoms with Crippen LogP contribution in [0, 0.1) is 13.8 Å². The van der Waals surface area contributed by atoms with Gasteiger partial charge in [-0.1, -0.05) is 23.8 Å². The topological polar surface area (TPSA) is 34.9 Å². The molecule has 1 aromatic heterocycles. The number of rotatable bonds is 3. The number of aryl methyl sites for hydroxylation is 2. The van der Waals surface area contributed by atoms with Crippen molar-refractivity contribution in [3.8, 4) is 0 Å². The molecule has 0 aliphatic rings. The van der Waals surface area contributed by atoms with Crippen LogP contribution in [0.25, 0.3) is 0 Å². The molecule has 1 heterocycles. The third-order valence-electron chi connectivity index (χ3n) is 2.63. The first-order valence-corrected chi connectivity index (χ1v) is 5.23. The van der Waals surface area contributed by atoms with Crippen LogP contribution in [0.1, 0.15) is 27.0 Å². The van der Waals surface area contributed by atoms with Crippen molar-refractivity contribution in [1.82, 2.24) is 9.78 Å². The minimum atomic E-state index is 0.616. The molecule has 0 saturated carbocycles. The van der Waals surface area contributed by atoms with Gasteiger partial charge >= 0.3 is 0 Å². The second-order valence-corrected chi connectivity index (χ2v) is 4.02. The first-order chi connectivity index (χ1) is 7.69. The van der Waals surface area contributed by atoms with Crippen LogP contribution in [0.4, 0.5) is 0 Å². The zero-order valence-electron chi connectivity index (χ0n) is 9.47. The Labute approximate surface area is 94.7 Å². The van der Waals surface area contributed by atoms with Gasteiger partial charge in [0.05, 0.1) is 18.3 Å². The van der Waals surface area contributed by atoms with Crippen LogP contribution in [0.2, 0.25) is 0 Å². The van der Waals surface area contributed by atoms with Crippen molar-refractivity contribution in [2.75, 3.05) is 0 Å². The Bertz CT molecular complexity index is 514. The van der Waals surface area contributed by atoms with Crippen molar-refractivity contribution in [3.63, 3.8) is 0 Å². The van der Waals surface area contributed by atoms with Crippen LogP contribution < -0.4 is 0 Å². The van der Waals surface area contributed by atoms with Crippen molar-refractivity contribution < 1.29 is 4.79 Å². The molecule has 16 heavy (non-hydrogen) atoms. The summed E-state index contributed by atoms with van der Waals surface area (Å²) in [5.74, 6) is 0. The lowest BCUT2D eigenvalue weighted by Gasteiger charge is -2.07. The first-order valence-electron chi connectivity index (χ1n) is 5.23. The minimum absolute atomic E-state index is 0.616. The fraction of sp³-hybridized carbons (Fsp3) is 0.231. The first kappa shape index (κ1) is 10.6. The van der Waals surface area contributed by atoms with E-state index in [1.807, 2.05) is 0 Å². The molecule has 0 atom stereocenters. The fourth-order valence-electron chi connectivity index (χ4n) is 1.67. The predicted octanol–water partition coefficient (Wildman–Crippen LogP) is 2.36. The Kier molecular flexibility index (Phi) is 2.86. The molecule has 0 unspecified atom stereocenters. The molecule has 0 N–H and O–H groups in total. The number of aromatic nitrogens is 2. The molecule has 0 saturated heterocycles. The van der Waals surface area contributed by atoms with Gasteiger partial charge in [-0.25, -0.2) is 0 Å². The molecule has 0 spiro atoms. The average Bonchev–Trinajstić information content (AvgIpc) is 2.71. The van der Waals surface area contributed by atoms with E-state index in [2.05, 4.69) is 37.1 Å². The Balaban J connectivity index is 2.26. The number of nitrogens with zero attached hydrogens (tertiary/aromatic N) is 2. The highest BCUT2D eigenvalue weighted by Crippen LogP contribution is 2.12. The fourth-order valence-corrected chi connectivity index (χ4v) is 1.67. The Morgan fingerprint density at radius 1 is 1.38 bits per heavy atom. The summed E-state index contributed by atoms with van der Waals surface area (Å²) in [6.45, 7) is 4.86. The quantitative estimate of drug-likeness (QED) is 0.735. The standard InChI is InChI=1S/C13H14N2O/c1-10-3-4-11(2)13(5-10)8-15-7-12(9-16)6-14-15/h3-7,9H,8H2,1-2H3. The maximum Gasteiger partial charge on any atom is 0.153 e. The van der Waals surface area contributed by atoms with Gasteiger partial charge in [-0.15, -0.1) is 0 Å². The monoisotopic (exact) mass is 214 g/mol. The van der Waals surface area contributed by atoms with E-state index in [9.17, 15) is 4.79 Å². The maximum absolute atomic E-state index is 10.5. The van der Waals surface area contributed by atoms with E-state index in [4.69, 9.17) is 0 Å². The molecule has 3 heteroatoms. The molecule has 0 fully saturated rings. The summed E-state index contributed by atoms with van der Waals surface area (Å²) in [4.78, 5) is 10.5.